The molecule has 2 aromatic carbocycles. The number of furan rings is 1. The summed E-state index contributed by atoms with van der Waals surface area (Å²) < 4.78 is 10.8. The molecule has 0 aliphatic carbocycles. The van der Waals surface area contributed by atoms with Gasteiger partial charge < -0.3 is 20.0 Å². The minimum absolute atomic E-state index is 0.120. The second kappa shape index (κ2) is 10.1. The quantitative estimate of drug-likeness (QED) is 0.329. The van der Waals surface area contributed by atoms with E-state index in [0.717, 1.165) is 16.9 Å². The number of nitrogens with zero attached hydrogens (tertiary/aromatic N) is 2. The molecule has 1 heterocycles. The molecule has 0 aliphatic heterocycles. The molecule has 0 fully saturated rings. The smallest absolute Gasteiger partial charge is 0.371 e. The Bertz CT molecular complexity index is 1020. The van der Waals surface area contributed by atoms with Crippen molar-refractivity contribution in [3.63, 3.8) is 0 Å². The van der Waals surface area contributed by atoms with Gasteiger partial charge in [0, 0.05) is 5.75 Å². The minimum Gasteiger partial charge on any atom is -0.486 e. The Morgan fingerprint density at radius 1 is 1.14 bits per heavy atom. The Balaban J connectivity index is 1.52. The van der Waals surface area contributed by atoms with Crippen molar-refractivity contribution in [2.75, 3.05) is 0 Å². The van der Waals surface area contributed by atoms with Crippen molar-refractivity contribution in [3.05, 3.63) is 89.4 Å². The van der Waals surface area contributed by atoms with Gasteiger partial charge in [-0.2, -0.15) is 5.10 Å². The van der Waals surface area contributed by atoms with Gasteiger partial charge in [0.1, 0.15) is 18.1 Å². The third kappa shape index (κ3) is 6.54. The molecule has 0 amide bonds. The van der Waals surface area contributed by atoms with E-state index < -0.39 is 5.97 Å². The molecule has 3 aromatic rings. The van der Waals surface area contributed by atoms with Crippen LogP contribution in [0.4, 0.5) is 0 Å². The number of ether oxygens (including phenoxy) is 1. The Hall–Kier alpha value is -3.52. The molecular weight excluding hydrogens is 390 g/mol. The molecule has 0 radical (unpaired) electrons. The summed E-state index contributed by atoms with van der Waals surface area (Å²) in [5.74, 6) is 0.513. The Morgan fingerprint density at radius 2 is 1.97 bits per heavy atom. The van der Waals surface area contributed by atoms with E-state index in [-0.39, 0.29) is 12.4 Å². The fourth-order valence-electron chi connectivity index (χ4n) is 2.32. The maximum atomic E-state index is 10.8. The molecular formula is C21H19N3O4S. The number of aromatic carboxylic acids is 1. The normalized spacial score (nSPS) is 11.7. The number of nitrogens with two attached hydrogens (primary N) is 1. The fraction of sp³-hybridized carbons (Fsp3) is 0.0952. The van der Waals surface area contributed by atoms with E-state index in [1.54, 1.807) is 24.4 Å². The molecule has 0 bridgehead atoms. The molecule has 29 heavy (non-hydrogen) atoms. The minimum atomic E-state index is -1.11. The number of amidine groups is 1. The Labute approximate surface area is 171 Å². The van der Waals surface area contributed by atoms with Crippen LogP contribution in [0.25, 0.3) is 0 Å². The average molecular weight is 409 g/mol. The van der Waals surface area contributed by atoms with Crippen LogP contribution in [-0.4, -0.2) is 22.5 Å². The highest BCUT2D eigenvalue weighted by molar-refractivity contribution is 8.13. The lowest BCUT2D eigenvalue weighted by Gasteiger charge is -2.04. The molecule has 0 aliphatic rings. The van der Waals surface area contributed by atoms with Gasteiger partial charge in [0.2, 0.25) is 5.76 Å². The van der Waals surface area contributed by atoms with Gasteiger partial charge >= 0.3 is 5.97 Å². The lowest BCUT2D eigenvalue weighted by atomic mass is 10.2. The second-order valence-corrected chi connectivity index (χ2v) is 6.88. The molecule has 8 heteroatoms. The van der Waals surface area contributed by atoms with E-state index in [2.05, 4.69) is 10.2 Å². The van der Waals surface area contributed by atoms with Crippen LogP contribution in [-0.2, 0) is 12.4 Å². The van der Waals surface area contributed by atoms with Gasteiger partial charge in [0.15, 0.2) is 5.17 Å². The first-order valence-corrected chi connectivity index (χ1v) is 9.67. The number of thioether (sulfide) groups is 1. The SMILES string of the molecule is NC(=NN=Cc1cccc(OCc2ccc(C(=O)O)o2)c1)SCc1ccccc1. The highest BCUT2D eigenvalue weighted by atomic mass is 32.2. The molecule has 0 unspecified atom stereocenters. The van der Waals surface area contributed by atoms with E-state index in [1.807, 2.05) is 42.5 Å². The summed E-state index contributed by atoms with van der Waals surface area (Å²) in [6.07, 6.45) is 1.58. The largest absolute Gasteiger partial charge is 0.486 e. The first-order valence-electron chi connectivity index (χ1n) is 8.68. The topological polar surface area (TPSA) is 110 Å². The third-order valence-corrected chi connectivity index (χ3v) is 4.56. The van der Waals surface area contributed by atoms with Gasteiger partial charge in [0.05, 0.1) is 6.21 Å². The molecule has 148 valence electrons. The number of rotatable bonds is 8. The summed E-state index contributed by atoms with van der Waals surface area (Å²) in [6, 6.07) is 20.2. The van der Waals surface area contributed by atoms with E-state index >= 15 is 0 Å². The van der Waals surface area contributed by atoms with Crippen molar-refractivity contribution >= 4 is 29.1 Å². The average Bonchev–Trinajstić information content (AvgIpc) is 3.21. The monoisotopic (exact) mass is 409 g/mol. The summed E-state index contributed by atoms with van der Waals surface area (Å²) in [7, 11) is 0. The molecule has 0 saturated heterocycles. The Kier molecular flexibility index (Phi) is 7.07. The summed E-state index contributed by atoms with van der Waals surface area (Å²) >= 11 is 1.41. The van der Waals surface area contributed by atoms with E-state index in [0.29, 0.717) is 16.7 Å². The van der Waals surface area contributed by atoms with Crippen LogP contribution in [0.1, 0.15) is 27.4 Å². The molecule has 0 atom stereocenters. The van der Waals surface area contributed by atoms with Crippen molar-refractivity contribution in [3.8, 4) is 5.75 Å². The van der Waals surface area contributed by atoms with Gasteiger partial charge in [0.25, 0.3) is 0 Å². The zero-order valence-corrected chi connectivity index (χ0v) is 16.2. The Morgan fingerprint density at radius 3 is 2.72 bits per heavy atom. The maximum absolute atomic E-state index is 10.8. The first kappa shape index (κ1) is 20.2. The highest BCUT2D eigenvalue weighted by Gasteiger charge is 2.09. The standard InChI is InChI=1S/C21H19N3O4S/c22-21(29-14-15-5-2-1-3-6-15)24-23-12-16-7-4-8-17(11-16)27-13-18-9-10-19(28-18)20(25)26/h1-12H,13-14H2,(H2,22,24)(H,25,26). The number of carboxylic acids is 1. The first-order chi connectivity index (χ1) is 14.1. The maximum Gasteiger partial charge on any atom is 0.371 e. The fourth-order valence-corrected chi connectivity index (χ4v) is 2.93. The highest BCUT2D eigenvalue weighted by Crippen LogP contribution is 2.16. The number of benzene rings is 2. The van der Waals surface area contributed by atoms with Gasteiger partial charge in [-0.3, -0.25) is 0 Å². The second-order valence-electron chi connectivity index (χ2n) is 5.89. The lowest BCUT2D eigenvalue weighted by Crippen LogP contribution is -2.06. The number of hydrogen-bond donors (Lipinski definition) is 2. The van der Waals surface area contributed by atoms with Crippen molar-refractivity contribution in [1.82, 2.24) is 0 Å². The van der Waals surface area contributed by atoms with Gasteiger partial charge in [-0.05, 0) is 35.4 Å². The van der Waals surface area contributed by atoms with Crippen LogP contribution in [0.15, 0.2) is 81.4 Å². The molecule has 1 aromatic heterocycles. The van der Waals surface area contributed by atoms with E-state index in [1.165, 1.54) is 17.8 Å². The molecule has 0 spiro atoms. The van der Waals surface area contributed by atoms with Crippen LogP contribution in [0, 0.1) is 0 Å². The van der Waals surface area contributed by atoms with Crippen molar-refractivity contribution < 1.29 is 19.1 Å². The molecule has 0 saturated carbocycles. The van der Waals surface area contributed by atoms with Gasteiger partial charge in [-0.25, -0.2) is 4.79 Å². The van der Waals surface area contributed by atoms with Gasteiger partial charge in [-0.1, -0.05) is 54.2 Å². The predicted molar refractivity (Wildman–Crippen MR) is 113 cm³/mol. The van der Waals surface area contributed by atoms with E-state index in [4.69, 9.17) is 20.0 Å². The molecule has 3 N–H and O–H groups in total. The van der Waals surface area contributed by atoms with Crippen molar-refractivity contribution in [1.29, 1.82) is 0 Å². The predicted octanol–water partition coefficient (Wildman–Crippen LogP) is 4.14. The van der Waals surface area contributed by atoms with Crippen LogP contribution in [0.5, 0.6) is 5.75 Å². The van der Waals surface area contributed by atoms with Crippen LogP contribution < -0.4 is 10.5 Å². The van der Waals surface area contributed by atoms with E-state index in [9.17, 15) is 4.79 Å². The molecule has 7 nitrogen and oxygen atoms in total. The number of carbonyl (C=O) groups is 1. The van der Waals surface area contributed by atoms with Crippen LogP contribution in [0.2, 0.25) is 0 Å². The number of hydrogen-bond acceptors (Lipinski definition) is 6. The van der Waals surface area contributed by atoms with Crippen molar-refractivity contribution in [2.24, 2.45) is 15.9 Å². The van der Waals surface area contributed by atoms with Crippen molar-refractivity contribution in [2.45, 2.75) is 12.4 Å². The van der Waals surface area contributed by atoms with Gasteiger partial charge in [-0.15, -0.1) is 5.10 Å². The summed E-state index contributed by atoms with van der Waals surface area (Å²) in [5, 5.41) is 17.2. The summed E-state index contributed by atoms with van der Waals surface area (Å²) in [5.41, 5.74) is 7.83. The van der Waals surface area contributed by atoms with Crippen LogP contribution in [0.3, 0.4) is 0 Å². The zero-order chi connectivity index (χ0) is 20.5. The van der Waals surface area contributed by atoms with Crippen LogP contribution >= 0.6 is 11.8 Å². The summed E-state index contributed by atoms with van der Waals surface area (Å²) in [4.78, 5) is 10.8. The number of carboxylic acid groups (broad SMARTS) is 1. The lowest BCUT2D eigenvalue weighted by molar-refractivity contribution is 0.0658. The third-order valence-electron chi connectivity index (χ3n) is 3.70. The zero-order valence-electron chi connectivity index (χ0n) is 15.4. The summed E-state index contributed by atoms with van der Waals surface area (Å²) in [6.45, 7) is 0.120. The molecule has 3 rings (SSSR count).